The van der Waals surface area contributed by atoms with E-state index in [0.29, 0.717) is 22.1 Å². The van der Waals surface area contributed by atoms with Crippen LogP contribution in [0.3, 0.4) is 0 Å². The molecule has 1 fully saturated rings. The van der Waals surface area contributed by atoms with E-state index in [9.17, 15) is 4.79 Å². The lowest BCUT2D eigenvalue weighted by Crippen LogP contribution is -2.39. The Labute approximate surface area is 175 Å². The number of methoxy groups -OCH3 is 2. The van der Waals surface area contributed by atoms with Crippen LogP contribution >= 0.6 is 11.3 Å². The first-order valence-electron chi connectivity index (χ1n) is 9.95. The summed E-state index contributed by atoms with van der Waals surface area (Å²) in [6.45, 7) is 4.67. The van der Waals surface area contributed by atoms with E-state index in [1.807, 2.05) is 32.0 Å². The maximum atomic E-state index is 12.6. The zero-order valence-electron chi connectivity index (χ0n) is 17.4. The highest BCUT2D eigenvalue weighted by Gasteiger charge is 2.26. The second-order valence-corrected chi connectivity index (χ2v) is 8.02. The minimum absolute atomic E-state index is 0.0389. The van der Waals surface area contributed by atoms with Crippen molar-refractivity contribution in [1.82, 2.24) is 10.3 Å². The van der Waals surface area contributed by atoms with E-state index in [0.717, 1.165) is 43.1 Å². The predicted molar refractivity (Wildman–Crippen MR) is 115 cm³/mol. The van der Waals surface area contributed by atoms with Crippen LogP contribution in [0.15, 0.2) is 18.2 Å². The molecule has 2 aromatic rings. The van der Waals surface area contributed by atoms with Gasteiger partial charge in [-0.25, -0.2) is 4.98 Å². The van der Waals surface area contributed by atoms with Gasteiger partial charge in [0.2, 0.25) is 5.75 Å². The first-order chi connectivity index (χ1) is 14.0. The summed E-state index contributed by atoms with van der Waals surface area (Å²) in [5.74, 6) is 1.92. The summed E-state index contributed by atoms with van der Waals surface area (Å²) in [5.41, 5.74) is 0.769. The third kappa shape index (κ3) is 5.12. The van der Waals surface area contributed by atoms with Crippen LogP contribution in [0.1, 0.15) is 48.0 Å². The molecule has 1 aromatic heterocycles. The fourth-order valence-corrected chi connectivity index (χ4v) is 4.48. The molecule has 0 unspecified atom stereocenters. The summed E-state index contributed by atoms with van der Waals surface area (Å²) in [5, 5.41) is 7.12. The van der Waals surface area contributed by atoms with Crippen LogP contribution < -0.4 is 24.8 Å². The number of carbonyl (C=O) groups excluding carboxylic acids is 1. The minimum Gasteiger partial charge on any atom is -0.493 e. The van der Waals surface area contributed by atoms with Gasteiger partial charge in [0, 0.05) is 12.6 Å². The van der Waals surface area contributed by atoms with Gasteiger partial charge < -0.3 is 24.8 Å². The minimum atomic E-state index is -0.0389. The van der Waals surface area contributed by atoms with Crippen molar-refractivity contribution in [3.63, 3.8) is 0 Å². The summed E-state index contributed by atoms with van der Waals surface area (Å²) >= 11 is 1.41. The normalized spacial score (nSPS) is 18.8. The van der Waals surface area contributed by atoms with Crippen LogP contribution in [-0.4, -0.2) is 43.8 Å². The number of nitrogens with one attached hydrogen (secondary N) is 2. The van der Waals surface area contributed by atoms with Gasteiger partial charge in [0.25, 0.3) is 5.91 Å². The van der Waals surface area contributed by atoms with Crippen LogP contribution in [0.2, 0.25) is 0 Å². The van der Waals surface area contributed by atoms with E-state index >= 15 is 0 Å². The lowest BCUT2D eigenvalue weighted by molar-refractivity contribution is 0.0894. The smallest absolute Gasteiger partial charge is 0.263 e. The van der Waals surface area contributed by atoms with Gasteiger partial charge in [-0.2, -0.15) is 0 Å². The molecular formula is C21H29N3O4S. The summed E-state index contributed by atoms with van der Waals surface area (Å²) in [6, 6.07) is 5.78. The number of carbonyl (C=O) groups is 1. The van der Waals surface area contributed by atoms with Gasteiger partial charge in [-0.15, -0.1) is 0 Å². The molecule has 0 atom stereocenters. The number of anilines is 1. The molecule has 0 saturated heterocycles. The van der Waals surface area contributed by atoms with Gasteiger partial charge in [0.05, 0.1) is 26.0 Å². The molecule has 1 amide bonds. The molecule has 0 aliphatic heterocycles. The van der Waals surface area contributed by atoms with Crippen molar-refractivity contribution in [2.75, 3.05) is 26.1 Å². The Hall–Kier alpha value is -2.48. The molecule has 158 valence electrons. The maximum Gasteiger partial charge on any atom is 0.263 e. The molecular weight excluding hydrogens is 390 g/mol. The molecule has 1 aliphatic carbocycles. The van der Waals surface area contributed by atoms with E-state index in [2.05, 4.69) is 15.6 Å². The van der Waals surface area contributed by atoms with Gasteiger partial charge in [-0.1, -0.05) is 17.4 Å². The zero-order valence-corrected chi connectivity index (χ0v) is 18.2. The average molecular weight is 420 g/mol. The molecule has 8 heteroatoms. The number of nitrogens with zero attached hydrogens (tertiary/aromatic N) is 1. The Morgan fingerprint density at radius 1 is 1.17 bits per heavy atom. The number of aryl methyl sites for hydroxylation is 1. The van der Waals surface area contributed by atoms with E-state index < -0.39 is 0 Å². The second kappa shape index (κ2) is 9.82. The molecule has 1 heterocycles. The number of thiazole rings is 1. The van der Waals surface area contributed by atoms with Gasteiger partial charge in [0.15, 0.2) is 16.6 Å². The highest BCUT2D eigenvalue weighted by molar-refractivity contribution is 7.17. The maximum absolute atomic E-state index is 12.6. The zero-order chi connectivity index (χ0) is 20.8. The number of hydrogen-bond donors (Lipinski definition) is 2. The first kappa shape index (κ1) is 21.2. The third-order valence-corrected chi connectivity index (χ3v) is 6.11. The Morgan fingerprint density at radius 3 is 2.55 bits per heavy atom. The van der Waals surface area contributed by atoms with E-state index in [4.69, 9.17) is 14.2 Å². The number of aromatic nitrogens is 1. The van der Waals surface area contributed by atoms with Gasteiger partial charge >= 0.3 is 0 Å². The number of amides is 1. The van der Waals surface area contributed by atoms with Crippen molar-refractivity contribution in [3.05, 3.63) is 28.8 Å². The number of hydrogen-bond acceptors (Lipinski definition) is 7. The lowest BCUT2D eigenvalue weighted by atomic mass is 9.93. The Morgan fingerprint density at radius 2 is 1.90 bits per heavy atom. The fourth-order valence-electron chi connectivity index (χ4n) is 3.54. The van der Waals surface area contributed by atoms with Crippen molar-refractivity contribution in [3.8, 4) is 17.2 Å². The fraction of sp³-hybridized carbons (Fsp3) is 0.524. The van der Waals surface area contributed by atoms with Crippen molar-refractivity contribution in [2.24, 2.45) is 0 Å². The lowest BCUT2D eigenvalue weighted by Gasteiger charge is -2.30. The second-order valence-electron chi connectivity index (χ2n) is 7.02. The number of rotatable bonds is 8. The molecule has 1 aromatic carbocycles. The molecule has 0 bridgehead atoms. The molecule has 1 saturated carbocycles. The standard InChI is InChI=1S/C21H29N3O4S/c1-5-22-21-23-13(2)19(29-21)20(25)24-14-9-11-15(12-10-14)28-17-8-6-7-16(26-3)18(17)27-4/h6-8,14-15H,5,9-12H2,1-4H3,(H,22,23)(H,24,25). The molecule has 0 spiro atoms. The summed E-state index contributed by atoms with van der Waals surface area (Å²) < 4.78 is 17.0. The molecule has 0 radical (unpaired) electrons. The Bertz CT molecular complexity index is 831. The van der Waals surface area contributed by atoms with Crippen molar-refractivity contribution in [1.29, 1.82) is 0 Å². The molecule has 7 nitrogen and oxygen atoms in total. The SMILES string of the molecule is CCNc1nc(C)c(C(=O)NC2CCC(Oc3cccc(OC)c3OC)CC2)s1. The number of benzene rings is 1. The molecule has 2 N–H and O–H groups in total. The first-order valence-corrected chi connectivity index (χ1v) is 10.8. The predicted octanol–water partition coefficient (Wildman–Crippen LogP) is 4.02. The molecule has 1 aliphatic rings. The van der Waals surface area contributed by atoms with Crippen LogP contribution in [0, 0.1) is 6.92 Å². The van der Waals surface area contributed by atoms with Crippen molar-refractivity contribution >= 4 is 22.4 Å². The van der Waals surface area contributed by atoms with Crippen LogP contribution in [0.4, 0.5) is 5.13 Å². The largest absolute Gasteiger partial charge is 0.493 e. The van der Waals surface area contributed by atoms with Crippen LogP contribution in [-0.2, 0) is 0 Å². The van der Waals surface area contributed by atoms with Gasteiger partial charge in [0.1, 0.15) is 4.88 Å². The summed E-state index contributed by atoms with van der Waals surface area (Å²) in [4.78, 5) is 17.7. The van der Waals surface area contributed by atoms with Crippen molar-refractivity contribution < 1.29 is 19.0 Å². The average Bonchev–Trinajstić information content (AvgIpc) is 3.09. The van der Waals surface area contributed by atoms with Crippen molar-refractivity contribution in [2.45, 2.75) is 51.7 Å². The topological polar surface area (TPSA) is 81.7 Å². The van der Waals surface area contributed by atoms with E-state index in [-0.39, 0.29) is 18.1 Å². The third-order valence-electron chi connectivity index (χ3n) is 5.00. The number of para-hydroxylation sites is 1. The summed E-state index contributed by atoms with van der Waals surface area (Å²) in [6.07, 6.45) is 3.58. The highest BCUT2D eigenvalue weighted by Crippen LogP contribution is 2.38. The Kier molecular flexibility index (Phi) is 7.19. The summed E-state index contributed by atoms with van der Waals surface area (Å²) in [7, 11) is 3.22. The van der Waals surface area contributed by atoms with E-state index in [1.165, 1.54) is 11.3 Å². The molecule has 3 rings (SSSR count). The Balaban J connectivity index is 1.54. The van der Waals surface area contributed by atoms with Crippen LogP contribution in [0.5, 0.6) is 17.2 Å². The van der Waals surface area contributed by atoms with Crippen LogP contribution in [0.25, 0.3) is 0 Å². The molecule has 29 heavy (non-hydrogen) atoms. The number of ether oxygens (including phenoxy) is 3. The quantitative estimate of drug-likeness (QED) is 0.673. The van der Waals surface area contributed by atoms with Gasteiger partial charge in [-0.3, -0.25) is 4.79 Å². The van der Waals surface area contributed by atoms with E-state index in [1.54, 1.807) is 14.2 Å². The highest BCUT2D eigenvalue weighted by atomic mass is 32.1. The van der Waals surface area contributed by atoms with Gasteiger partial charge in [-0.05, 0) is 51.7 Å². The monoisotopic (exact) mass is 419 g/mol.